The van der Waals surface area contributed by atoms with Gasteiger partial charge in [-0.15, -0.1) is 0 Å². The highest BCUT2D eigenvalue weighted by Gasteiger charge is 2.35. The molecule has 1 amide bonds. The van der Waals surface area contributed by atoms with Crippen LogP contribution in [0, 0.1) is 0 Å². The molecule has 3 rings (SSSR count). The third-order valence-corrected chi connectivity index (χ3v) is 3.61. The van der Waals surface area contributed by atoms with Crippen molar-refractivity contribution in [3.8, 4) is 0 Å². The molecule has 2 fully saturated rings. The Balaban J connectivity index is 1.71. The maximum atomic E-state index is 12.4. The maximum absolute atomic E-state index is 12.4. The second-order valence-corrected chi connectivity index (χ2v) is 5.07. The summed E-state index contributed by atoms with van der Waals surface area (Å²) in [5.74, 6) is 0.0271. The Morgan fingerprint density at radius 1 is 1.39 bits per heavy atom. The number of hydrogen-bond acceptors (Lipinski definition) is 4. The first-order valence-electron chi connectivity index (χ1n) is 6.65. The molecule has 1 saturated carbocycles. The number of carbonyl (C=O) groups is 1. The topological polar surface area (TPSA) is 58.1 Å². The average Bonchev–Trinajstić information content (AvgIpc) is 3.13. The van der Waals surface area contributed by atoms with Crippen LogP contribution in [0.3, 0.4) is 0 Å². The van der Waals surface area contributed by atoms with Crippen molar-refractivity contribution in [3.05, 3.63) is 24.3 Å². The van der Waals surface area contributed by atoms with Crippen molar-refractivity contribution < 1.29 is 4.79 Å². The van der Waals surface area contributed by atoms with E-state index in [1.807, 2.05) is 4.90 Å². The monoisotopic (exact) mass is 246 g/mol. The largest absolute Gasteiger partial charge is 0.333 e. The van der Waals surface area contributed by atoms with Gasteiger partial charge in [0.1, 0.15) is 5.69 Å². The minimum absolute atomic E-state index is 0.0271. The summed E-state index contributed by atoms with van der Waals surface area (Å²) in [6.45, 7) is 1.88. The fourth-order valence-electron chi connectivity index (χ4n) is 2.49. The second kappa shape index (κ2) is 5.02. The fourth-order valence-corrected chi connectivity index (χ4v) is 2.49. The van der Waals surface area contributed by atoms with Crippen molar-refractivity contribution in [2.24, 2.45) is 0 Å². The Bertz CT molecular complexity index is 412. The molecule has 18 heavy (non-hydrogen) atoms. The van der Waals surface area contributed by atoms with Gasteiger partial charge < -0.3 is 10.2 Å². The smallest absolute Gasteiger partial charge is 0.274 e. The molecule has 96 valence electrons. The van der Waals surface area contributed by atoms with Gasteiger partial charge in [0.25, 0.3) is 5.91 Å². The van der Waals surface area contributed by atoms with Crippen molar-refractivity contribution in [2.75, 3.05) is 13.1 Å². The number of rotatable bonds is 4. The van der Waals surface area contributed by atoms with Gasteiger partial charge in [-0.3, -0.25) is 9.78 Å². The van der Waals surface area contributed by atoms with Gasteiger partial charge in [-0.2, -0.15) is 0 Å². The summed E-state index contributed by atoms with van der Waals surface area (Å²) < 4.78 is 0. The van der Waals surface area contributed by atoms with E-state index in [1.54, 1.807) is 18.6 Å². The molecule has 2 aliphatic rings. The SMILES string of the molecule is O=C(c1cnccn1)N(CC1CCCN1)C1CC1. The Hall–Kier alpha value is -1.49. The zero-order chi connectivity index (χ0) is 12.4. The van der Waals surface area contributed by atoms with Gasteiger partial charge in [-0.25, -0.2) is 4.98 Å². The second-order valence-electron chi connectivity index (χ2n) is 5.07. The molecule has 5 nitrogen and oxygen atoms in total. The molecule has 1 N–H and O–H groups in total. The Morgan fingerprint density at radius 3 is 2.89 bits per heavy atom. The van der Waals surface area contributed by atoms with E-state index in [-0.39, 0.29) is 5.91 Å². The van der Waals surface area contributed by atoms with E-state index in [0.717, 1.165) is 32.4 Å². The van der Waals surface area contributed by atoms with Gasteiger partial charge in [0.05, 0.1) is 6.20 Å². The highest BCUT2D eigenvalue weighted by Crippen LogP contribution is 2.28. The zero-order valence-corrected chi connectivity index (χ0v) is 10.4. The molecule has 1 aromatic heterocycles. The van der Waals surface area contributed by atoms with Crippen molar-refractivity contribution in [2.45, 2.75) is 37.8 Å². The van der Waals surface area contributed by atoms with E-state index in [4.69, 9.17) is 0 Å². The molecule has 2 heterocycles. The zero-order valence-electron chi connectivity index (χ0n) is 10.4. The molecule has 1 aliphatic carbocycles. The third kappa shape index (κ3) is 2.51. The predicted molar refractivity (Wildman–Crippen MR) is 67.1 cm³/mol. The van der Waals surface area contributed by atoms with Crippen LogP contribution in [0.5, 0.6) is 0 Å². The summed E-state index contributed by atoms with van der Waals surface area (Å²) in [6.07, 6.45) is 9.35. The highest BCUT2D eigenvalue weighted by atomic mass is 16.2. The minimum Gasteiger partial charge on any atom is -0.333 e. The number of hydrogen-bond donors (Lipinski definition) is 1. The molecule has 0 radical (unpaired) electrons. The highest BCUT2D eigenvalue weighted by molar-refractivity contribution is 5.92. The minimum atomic E-state index is 0.0271. The number of aromatic nitrogens is 2. The Labute approximate surface area is 107 Å². The van der Waals surface area contributed by atoms with Gasteiger partial charge in [-0.05, 0) is 32.2 Å². The summed E-state index contributed by atoms with van der Waals surface area (Å²) in [7, 11) is 0. The standard InChI is InChI=1S/C13H18N4O/c18-13(12-8-14-6-7-16-12)17(11-3-4-11)9-10-2-1-5-15-10/h6-8,10-11,15H,1-5,9H2. The van der Waals surface area contributed by atoms with Gasteiger partial charge in [-0.1, -0.05) is 0 Å². The van der Waals surface area contributed by atoms with Crippen LogP contribution in [0.2, 0.25) is 0 Å². The van der Waals surface area contributed by atoms with Crippen LogP contribution in [0.15, 0.2) is 18.6 Å². The van der Waals surface area contributed by atoms with Crippen molar-refractivity contribution in [1.82, 2.24) is 20.2 Å². The molecule has 1 aromatic rings. The summed E-state index contributed by atoms with van der Waals surface area (Å²) >= 11 is 0. The van der Waals surface area contributed by atoms with Crippen LogP contribution in [0.4, 0.5) is 0 Å². The molecule has 1 saturated heterocycles. The number of carbonyl (C=O) groups excluding carboxylic acids is 1. The first kappa shape index (κ1) is 11.6. The van der Waals surface area contributed by atoms with Gasteiger partial charge >= 0.3 is 0 Å². The normalized spacial score (nSPS) is 23.0. The molecular weight excluding hydrogens is 228 g/mol. The van der Waals surface area contributed by atoms with Gasteiger partial charge in [0, 0.05) is 31.0 Å². The summed E-state index contributed by atoms with van der Waals surface area (Å²) in [5, 5.41) is 3.45. The van der Waals surface area contributed by atoms with Gasteiger partial charge in [0.15, 0.2) is 0 Å². The lowest BCUT2D eigenvalue weighted by atomic mass is 10.2. The lowest BCUT2D eigenvalue weighted by Gasteiger charge is -2.25. The maximum Gasteiger partial charge on any atom is 0.274 e. The predicted octanol–water partition coefficient (Wildman–Crippen LogP) is 0.833. The first-order chi connectivity index (χ1) is 8.84. The van der Waals surface area contributed by atoms with E-state index in [9.17, 15) is 4.79 Å². The van der Waals surface area contributed by atoms with Crippen LogP contribution < -0.4 is 5.32 Å². The fraction of sp³-hybridized carbons (Fsp3) is 0.615. The van der Waals surface area contributed by atoms with Crippen LogP contribution in [-0.2, 0) is 0 Å². The molecule has 1 aliphatic heterocycles. The van der Waals surface area contributed by atoms with Crippen LogP contribution in [-0.4, -0.2) is 45.9 Å². The summed E-state index contributed by atoms with van der Waals surface area (Å²) in [5.41, 5.74) is 0.461. The summed E-state index contributed by atoms with van der Waals surface area (Å²) in [6, 6.07) is 0.869. The van der Waals surface area contributed by atoms with Crippen molar-refractivity contribution >= 4 is 5.91 Å². The van der Waals surface area contributed by atoms with E-state index in [2.05, 4.69) is 15.3 Å². The van der Waals surface area contributed by atoms with E-state index < -0.39 is 0 Å². The van der Waals surface area contributed by atoms with Crippen LogP contribution in [0.1, 0.15) is 36.2 Å². The Kier molecular flexibility index (Phi) is 3.23. The number of nitrogens with one attached hydrogen (secondary N) is 1. The number of nitrogens with zero attached hydrogens (tertiary/aromatic N) is 3. The summed E-state index contributed by atoms with van der Waals surface area (Å²) in [4.78, 5) is 22.5. The van der Waals surface area contributed by atoms with E-state index in [1.165, 1.54) is 6.42 Å². The third-order valence-electron chi connectivity index (χ3n) is 3.61. The first-order valence-corrected chi connectivity index (χ1v) is 6.65. The molecule has 5 heteroatoms. The van der Waals surface area contributed by atoms with Gasteiger partial charge in [0.2, 0.25) is 0 Å². The van der Waals surface area contributed by atoms with Crippen LogP contribution >= 0.6 is 0 Å². The molecule has 0 bridgehead atoms. The lowest BCUT2D eigenvalue weighted by molar-refractivity contribution is 0.0722. The van der Waals surface area contributed by atoms with Crippen LogP contribution in [0.25, 0.3) is 0 Å². The molecule has 0 aromatic carbocycles. The molecule has 1 atom stereocenters. The molecule has 1 unspecified atom stereocenters. The lowest BCUT2D eigenvalue weighted by Crippen LogP contribution is -2.42. The van der Waals surface area contributed by atoms with Crippen molar-refractivity contribution in [3.63, 3.8) is 0 Å². The Morgan fingerprint density at radius 2 is 2.28 bits per heavy atom. The molecular formula is C13H18N4O. The average molecular weight is 246 g/mol. The van der Waals surface area contributed by atoms with E-state index in [0.29, 0.717) is 17.8 Å². The van der Waals surface area contributed by atoms with Crippen molar-refractivity contribution in [1.29, 1.82) is 0 Å². The quantitative estimate of drug-likeness (QED) is 0.855. The van der Waals surface area contributed by atoms with E-state index >= 15 is 0 Å². The number of amides is 1. The molecule has 0 spiro atoms.